The van der Waals surface area contributed by atoms with Gasteiger partial charge in [-0.3, -0.25) is 4.79 Å². The second kappa shape index (κ2) is 4.76. The molecule has 0 aliphatic heterocycles. The van der Waals surface area contributed by atoms with Crippen LogP contribution in [0.3, 0.4) is 0 Å². The standard InChI is InChI=1S/C18H22O2/c1-4-18-8-7-13-11-14(20-3)5-6-15(13)16(18)9-12(2)10-17(18)19/h5-6,10-11,16H,4,7-9H2,1-3H3. The van der Waals surface area contributed by atoms with Crippen molar-refractivity contribution in [3.8, 4) is 5.75 Å². The maximum absolute atomic E-state index is 12.6. The third-order valence-corrected chi connectivity index (χ3v) is 5.26. The number of ether oxygens (including phenoxy) is 1. The Morgan fingerprint density at radius 3 is 2.90 bits per heavy atom. The number of carbonyl (C=O) groups excluding carboxylic acids is 1. The smallest absolute Gasteiger partial charge is 0.162 e. The van der Waals surface area contributed by atoms with E-state index in [9.17, 15) is 4.79 Å². The molecule has 2 unspecified atom stereocenters. The zero-order chi connectivity index (χ0) is 14.3. The summed E-state index contributed by atoms with van der Waals surface area (Å²) in [6.07, 6.45) is 5.78. The van der Waals surface area contributed by atoms with Crippen LogP contribution >= 0.6 is 0 Å². The Bertz CT molecular complexity index is 585. The third-order valence-electron chi connectivity index (χ3n) is 5.26. The van der Waals surface area contributed by atoms with Gasteiger partial charge in [-0.1, -0.05) is 18.6 Å². The van der Waals surface area contributed by atoms with E-state index in [1.54, 1.807) is 7.11 Å². The minimum atomic E-state index is -0.166. The molecule has 106 valence electrons. The van der Waals surface area contributed by atoms with Crippen LogP contribution in [-0.4, -0.2) is 12.9 Å². The molecule has 0 saturated carbocycles. The molecule has 0 fully saturated rings. The summed E-state index contributed by atoms with van der Waals surface area (Å²) < 4.78 is 5.33. The molecule has 1 aromatic rings. The van der Waals surface area contributed by atoms with Gasteiger partial charge in [0.05, 0.1) is 7.11 Å². The number of hydrogen-bond donors (Lipinski definition) is 0. The van der Waals surface area contributed by atoms with Gasteiger partial charge in [0.1, 0.15) is 5.75 Å². The van der Waals surface area contributed by atoms with Crippen LogP contribution in [0, 0.1) is 5.41 Å². The fourth-order valence-electron chi connectivity index (χ4n) is 4.04. The van der Waals surface area contributed by atoms with Crippen molar-refractivity contribution in [1.29, 1.82) is 0 Å². The molecule has 2 nitrogen and oxygen atoms in total. The van der Waals surface area contributed by atoms with E-state index in [1.807, 2.05) is 12.1 Å². The zero-order valence-electron chi connectivity index (χ0n) is 12.5. The second-order valence-corrected chi connectivity index (χ2v) is 6.19. The van der Waals surface area contributed by atoms with Gasteiger partial charge >= 0.3 is 0 Å². The first kappa shape index (κ1) is 13.4. The second-order valence-electron chi connectivity index (χ2n) is 6.19. The third kappa shape index (κ3) is 1.81. The van der Waals surface area contributed by atoms with Crippen LogP contribution in [0.25, 0.3) is 0 Å². The maximum atomic E-state index is 12.6. The number of hydrogen-bond acceptors (Lipinski definition) is 2. The van der Waals surface area contributed by atoms with Crippen molar-refractivity contribution in [2.24, 2.45) is 5.41 Å². The fourth-order valence-corrected chi connectivity index (χ4v) is 4.04. The van der Waals surface area contributed by atoms with Crippen molar-refractivity contribution >= 4 is 5.78 Å². The van der Waals surface area contributed by atoms with E-state index in [1.165, 1.54) is 16.7 Å². The summed E-state index contributed by atoms with van der Waals surface area (Å²) >= 11 is 0. The van der Waals surface area contributed by atoms with E-state index >= 15 is 0 Å². The molecule has 0 amide bonds. The molecule has 3 rings (SSSR count). The Hall–Kier alpha value is -1.57. The molecule has 0 saturated heterocycles. The lowest BCUT2D eigenvalue weighted by Crippen LogP contribution is -2.42. The number of allylic oxidation sites excluding steroid dienone is 2. The number of fused-ring (bicyclic) bond motifs is 3. The molecule has 2 aliphatic carbocycles. The van der Waals surface area contributed by atoms with Crippen LogP contribution in [0.1, 0.15) is 50.2 Å². The van der Waals surface area contributed by atoms with Crippen LogP contribution in [0.4, 0.5) is 0 Å². The van der Waals surface area contributed by atoms with E-state index in [0.29, 0.717) is 11.7 Å². The van der Waals surface area contributed by atoms with Gasteiger partial charge in [0.25, 0.3) is 0 Å². The van der Waals surface area contributed by atoms with E-state index in [2.05, 4.69) is 26.0 Å². The highest BCUT2D eigenvalue weighted by Gasteiger charge is 2.48. The molecule has 0 spiro atoms. The van der Waals surface area contributed by atoms with Gasteiger partial charge in [0.2, 0.25) is 0 Å². The number of ketones is 1. The molecular weight excluding hydrogens is 248 g/mol. The Labute approximate surface area is 120 Å². The zero-order valence-corrected chi connectivity index (χ0v) is 12.5. The van der Waals surface area contributed by atoms with Crippen molar-refractivity contribution in [2.45, 2.75) is 45.4 Å². The molecule has 0 aromatic heterocycles. The van der Waals surface area contributed by atoms with Crippen molar-refractivity contribution in [2.75, 3.05) is 7.11 Å². The number of rotatable bonds is 2. The van der Waals surface area contributed by atoms with Crippen molar-refractivity contribution in [1.82, 2.24) is 0 Å². The highest BCUT2D eigenvalue weighted by Crippen LogP contribution is 2.54. The predicted molar refractivity (Wildman–Crippen MR) is 80.2 cm³/mol. The molecule has 2 heteroatoms. The lowest BCUT2D eigenvalue weighted by molar-refractivity contribution is -0.127. The first-order chi connectivity index (χ1) is 9.60. The summed E-state index contributed by atoms with van der Waals surface area (Å²) in [5, 5.41) is 0. The molecule has 1 aromatic carbocycles. The van der Waals surface area contributed by atoms with Gasteiger partial charge in [-0.15, -0.1) is 0 Å². The lowest BCUT2D eigenvalue weighted by Gasteiger charge is -2.45. The van der Waals surface area contributed by atoms with Crippen molar-refractivity contribution < 1.29 is 9.53 Å². The maximum Gasteiger partial charge on any atom is 0.162 e. The Morgan fingerprint density at radius 1 is 1.40 bits per heavy atom. The number of methoxy groups -OCH3 is 1. The number of benzene rings is 1. The summed E-state index contributed by atoms with van der Waals surface area (Å²) in [4.78, 5) is 12.6. The van der Waals surface area contributed by atoms with Crippen molar-refractivity contribution in [3.63, 3.8) is 0 Å². The van der Waals surface area contributed by atoms with E-state index in [4.69, 9.17) is 4.74 Å². The monoisotopic (exact) mass is 270 g/mol. The van der Waals surface area contributed by atoms with Gasteiger partial charge in [-0.25, -0.2) is 0 Å². The molecule has 0 N–H and O–H groups in total. The first-order valence-electron chi connectivity index (χ1n) is 7.49. The summed E-state index contributed by atoms with van der Waals surface area (Å²) in [6, 6.07) is 6.35. The number of carbonyl (C=O) groups is 1. The minimum Gasteiger partial charge on any atom is -0.497 e. The van der Waals surface area contributed by atoms with Gasteiger partial charge in [-0.2, -0.15) is 0 Å². The topological polar surface area (TPSA) is 26.3 Å². The van der Waals surface area contributed by atoms with Gasteiger partial charge in [0.15, 0.2) is 5.78 Å². The van der Waals surface area contributed by atoms with Crippen LogP contribution in [0.15, 0.2) is 29.8 Å². The summed E-state index contributed by atoms with van der Waals surface area (Å²) in [5.74, 6) is 1.61. The lowest BCUT2D eigenvalue weighted by atomic mass is 9.56. The van der Waals surface area contributed by atoms with Crippen LogP contribution in [-0.2, 0) is 11.2 Å². The highest BCUT2D eigenvalue weighted by atomic mass is 16.5. The summed E-state index contributed by atoms with van der Waals surface area (Å²) in [5.41, 5.74) is 3.77. The summed E-state index contributed by atoms with van der Waals surface area (Å²) in [6.45, 7) is 4.24. The molecule has 0 bridgehead atoms. The fraction of sp³-hybridized carbons (Fsp3) is 0.500. The highest BCUT2D eigenvalue weighted by molar-refractivity contribution is 5.97. The molecule has 0 heterocycles. The van der Waals surface area contributed by atoms with Gasteiger partial charge < -0.3 is 4.74 Å². The molecule has 2 atom stereocenters. The van der Waals surface area contributed by atoms with E-state index in [0.717, 1.165) is 31.4 Å². The summed E-state index contributed by atoms with van der Waals surface area (Å²) in [7, 11) is 1.71. The van der Waals surface area contributed by atoms with Crippen LogP contribution in [0.2, 0.25) is 0 Å². The Morgan fingerprint density at radius 2 is 2.20 bits per heavy atom. The molecule has 2 aliphatic rings. The van der Waals surface area contributed by atoms with E-state index < -0.39 is 0 Å². The van der Waals surface area contributed by atoms with Crippen molar-refractivity contribution in [3.05, 3.63) is 41.0 Å². The largest absolute Gasteiger partial charge is 0.497 e. The average Bonchev–Trinajstić information content (AvgIpc) is 2.46. The SMILES string of the molecule is CCC12CCc3cc(OC)ccc3C1CC(C)=CC2=O. The predicted octanol–water partition coefficient (Wildman–Crippen LogP) is 4.04. The molecular formula is C18H22O2. The first-order valence-corrected chi connectivity index (χ1v) is 7.49. The number of aryl methyl sites for hydroxylation is 1. The normalized spacial score (nSPS) is 28.4. The minimum absolute atomic E-state index is 0.166. The van der Waals surface area contributed by atoms with Crippen LogP contribution < -0.4 is 4.74 Å². The molecule has 0 radical (unpaired) electrons. The van der Waals surface area contributed by atoms with Crippen LogP contribution in [0.5, 0.6) is 5.75 Å². The Balaban J connectivity index is 2.11. The Kier molecular flexibility index (Phi) is 3.19. The molecule has 20 heavy (non-hydrogen) atoms. The average molecular weight is 270 g/mol. The van der Waals surface area contributed by atoms with Gasteiger partial charge in [-0.05, 0) is 61.9 Å². The quantitative estimate of drug-likeness (QED) is 0.810. The van der Waals surface area contributed by atoms with Gasteiger partial charge in [0, 0.05) is 11.3 Å². The van der Waals surface area contributed by atoms with E-state index in [-0.39, 0.29) is 5.41 Å².